The molecule has 27 heavy (non-hydrogen) atoms. The standard InChI is InChI=1S/C21H24N4OS/c1-24(2)17-11-9-16(10-12-17)22-20(26)15-6-5-13-25(14-15)21-23-18-7-3-4-8-19(18)27-21/h3-4,7-12,15H,5-6,13-14H2,1-2H3,(H,22,26). The Balaban J connectivity index is 1.43. The van der Waals surface area contributed by atoms with Crippen LogP contribution in [-0.2, 0) is 4.79 Å². The minimum atomic E-state index is -0.0145. The van der Waals surface area contributed by atoms with Gasteiger partial charge >= 0.3 is 0 Å². The molecule has 1 aromatic heterocycles. The van der Waals surface area contributed by atoms with Crippen molar-refractivity contribution >= 4 is 44.0 Å². The minimum Gasteiger partial charge on any atom is -0.378 e. The largest absolute Gasteiger partial charge is 0.378 e. The molecule has 1 unspecified atom stereocenters. The maximum Gasteiger partial charge on any atom is 0.229 e. The van der Waals surface area contributed by atoms with Crippen molar-refractivity contribution in [3.05, 3.63) is 48.5 Å². The summed E-state index contributed by atoms with van der Waals surface area (Å²) < 4.78 is 1.19. The van der Waals surface area contributed by atoms with E-state index in [1.165, 1.54) is 4.70 Å². The molecule has 0 aliphatic carbocycles. The zero-order valence-corrected chi connectivity index (χ0v) is 16.5. The number of carbonyl (C=O) groups excluding carboxylic acids is 1. The fraction of sp³-hybridized carbons (Fsp3) is 0.333. The number of hydrogen-bond donors (Lipinski definition) is 1. The van der Waals surface area contributed by atoms with Gasteiger partial charge in [0.05, 0.1) is 16.1 Å². The molecule has 6 heteroatoms. The van der Waals surface area contributed by atoms with Gasteiger partial charge in [0.2, 0.25) is 5.91 Å². The third-order valence-electron chi connectivity index (χ3n) is 5.00. The second-order valence-corrected chi connectivity index (χ2v) is 8.19. The summed E-state index contributed by atoms with van der Waals surface area (Å²) in [6.07, 6.45) is 1.93. The van der Waals surface area contributed by atoms with Gasteiger partial charge in [-0.3, -0.25) is 4.79 Å². The van der Waals surface area contributed by atoms with Crippen LogP contribution in [0.2, 0.25) is 0 Å². The fourth-order valence-corrected chi connectivity index (χ4v) is 4.45. The van der Waals surface area contributed by atoms with Crippen LogP contribution in [0.4, 0.5) is 16.5 Å². The lowest BCUT2D eigenvalue weighted by Gasteiger charge is -2.31. The van der Waals surface area contributed by atoms with Crippen molar-refractivity contribution in [1.29, 1.82) is 0 Å². The molecule has 1 fully saturated rings. The predicted octanol–water partition coefficient (Wildman–Crippen LogP) is 4.22. The first-order valence-electron chi connectivity index (χ1n) is 9.29. The number of thiazole rings is 1. The van der Waals surface area contributed by atoms with E-state index in [0.29, 0.717) is 0 Å². The van der Waals surface area contributed by atoms with Crippen molar-refractivity contribution < 1.29 is 4.79 Å². The van der Waals surface area contributed by atoms with E-state index in [0.717, 1.165) is 48.0 Å². The van der Waals surface area contributed by atoms with Crippen LogP contribution < -0.4 is 15.1 Å². The molecule has 0 radical (unpaired) electrons. The van der Waals surface area contributed by atoms with E-state index < -0.39 is 0 Å². The molecule has 2 aromatic carbocycles. The van der Waals surface area contributed by atoms with Crippen LogP contribution in [0.15, 0.2) is 48.5 Å². The van der Waals surface area contributed by atoms with Gasteiger partial charge in [-0.1, -0.05) is 23.5 Å². The highest BCUT2D eigenvalue weighted by molar-refractivity contribution is 7.22. The number of fused-ring (bicyclic) bond motifs is 1. The molecule has 0 bridgehead atoms. The quantitative estimate of drug-likeness (QED) is 0.736. The predicted molar refractivity (Wildman–Crippen MR) is 114 cm³/mol. The highest BCUT2D eigenvalue weighted by Crippen LogP contribution is 2.31. The van der Waals surface area contributed by atoms with E-state index in [-0.39, 0.29) is 11.8 Å². The van der Waals surface area contributed by atoms with Crippen LogP contribution in [0.5, 0.6) is 0 Å². The Kier molecular flexibility index (Phi) is 4.99. The van der Waals surface area contributed by atoms with Gasteiger partial charge in [-0.25, -0.2) is 4.98 Å². The molecule has 1 N–H and O–H groups in total. The van der Waals surface area contributed by atoms with Gasteiger partial charge in [0.1, 0.15) is 0 Å². The molecule has 4 rings (SSSR count). The highest BCUT2D eigenvalue weighted by atomic mass is 32.1. The van der Waals surface area contributed by atoms with Crippen LogP contribution in [0.25, 0.3) is 10.2 Å². The lowest BCUT2D eigenvalue weighted by atomic mass is 9.97. The van der Waals surface area contributed by atoms with Gasteiger partial charge < -0.3 is 15.1 Å². The fourth-order valence-electron chi connectivity index (χ4n) is 3.45. The maximum atomic E-state index is 12.8. The van der Waals surface area contributed by atoms with Crippen molar-refractivity contribution in [1.82, 2.24) is 4.98 Å². The summed E-state index contributed by atoms with van der Waals surface area (Å²) in [5.74, 6) is 0.0812. The Morgan fingerprint density at radius 1 is 1.19 bits per heavy atom. The zero-order valence-electron chi connectivity index (χ0n) is 15.7. The Labute approximate surface area is 163 Å². The van der Waals surface area contributed by atoms with Crippen molar-refractivity contribution in [3.63, 3.8) is 0 Å². The number of piperidine rings is 1. The van der Waals surface area contributed by atoms with E-state index in [1.807, 2.05) is 61.5 Å². The molecule has 2 heterocycles. The number of benzene rings is 2. The third-order valence-corrected chi connectivity index (χ3v) is 6.09. The zero-order chi connectivity index (χ0) is 18.8. The van der Waals surface area contributed by atoms with Gasteiger partial charge in [-0.05, 0) is 49.2 Å². The summed E-state index contributed by atoms with van der Waals surface area (Å²) in [4.78, 5) is 21.8. The van der Waals surface area contributed by atoms with Crippen molar-refractivity contribution in [2.75, 3.05) is 42.3 Å². The summed E-state index contributed by atoms with van der Waals surface area (Å²) in [6.45, 7) is 1.68. The molecular formula is C21H24N4OS. The number of carbonyl (C=O) groups is 1. The van der Waals surface area contributed by atoms with E-state index in [2.05, 4.69) is 16.3 Å². The molecule has 1 aliphatic rings. The van der Waals surface area contributed by atoms with Crippen molar-refractivity contribution in [2.24, 2.45) is 5.92 Å². The lowest BCUT2D eigenvalue weighted by molar-refractivity contribution is -0.120. The molecule has 140 valence electrons. The highest BCUT2D eigenvalue weighted by Gasteiger charge is 2.27. The van der Waals surface area contributed by atoms with Crippen LogP contribution in [0, 0.1) is 5.92 Å². The average Bonchev–Trinajstić information content (AvgIpc) is 3.13. The second kappa shape index (κ2) is 7.56. The van der Waals surface area contributed by atoms with Crippen LogP contribution >= 0.6 is 11.3 Å². The molecule has 1 atom stereocenters. The smallest absolute Gasteiger partial charge is 0.229 e. The van der Waals surface area contributed by atoms with Gasteiger partial charge in [0, 0.05) is 38.6 Å². The Hall–Kier alpha value is -2.60. The van der Waals surface area contributed by atoms with Gasteiger partial charge in [0.15, 0.2) is 5.13 Å². The first-order valence-corrected chi connectivity index (χ1v) is 10.1. The molecule has 1 aliphatic heterocycles. The van der Waals surface area contributed by atoms with Crippen LogP contribution in [-0.4, -0.2) is 38.1 Å². The van der Waals surface area contributed by atoms with Crippen molar-refractivity contribution in [3.8, 4) is 0 Å². The first-order chi connectivity index (χ1) is 13.1. The average molecular weight is 381 g/mol. The normalized spacial score (nSPS) is 17.1. The molecule has 1 saturated heterocycles. The van der Waals surface area contributed by atoms with Gasteiger partial charge in [0.25, 0.3) is 0 Å². The summed E-state index contributed by atoms with van der Waals surface area (Å²) in [5.41, 5.74) is 3.00. The second-order valence-electron chi connectivity index (χ2n) is 7.18. The molecule has 3 aromatic rings. The number of aromatic nitrogens is 1. The van der Waals surface area contributed by atoms with E-state index in [9.17, 15) is 4.79 Å². The third kappa shape index (κ3) is 3.90. The van der Waals surface area contributed by atoms with Crippen LogP contribution in [0.3, 0.4) is 0 Å². The Morgan fingerprint density at radius 3 is 2.70 bits per heavy atom. The number of nitrogens with zero attached hydrogens (tertiary/aromatic N) is 3. The maximum absolute atomic E-state index is 12.8. The van der Waals surface area contributed by atoms with E-state index in [4.69, 9.17) is 4.98 Å². The Bertz CT molecular complexity index is 902. The monoisotopic (exact) mass is 380 g/mol. The minimum absolute atomic E-state index is 0.0145. The Morgan fingerprint density at radius 2 is 1.96 bits per heavy atom. The number of nitrogens with one attached hydrogen (secondary N) is 1. The summed E-state index contributed by atoms with van der Waals surface area (Å²) in [6, 6.07) is 16.2. The number of hydrogen-bond acceptors (Lipinski definition) is 5. The van der Waals surface area contributed by atoms with Gasteiger partial charge in [-0.15, -0.1) is 0 Å². The molecule has 5 nitrogen and oxygen atoms in total. The summed E-state index contributed by atoms with van der Waals surface area (Å²) in [7, 11) is 4.01. The number of rotatable bonds is 4. The topological polar surface area (TPSA) is 48.5 Å². The SMILES string of the molecule is CN(C)c1ccc(NC(=O)C2CCCN(c3nc4ccccc4s3)C2)cc1. The molecule has 0 saturated carbocycles. The molecule has 1 amide bonds. The summed E-state index contributed by atoms with van der Waals surface area (Å²) in [5, 5.41) is 4.09. The van der Waals surface area contributed by atoms with Crippen molar-refractivity contribution in [2.45, 2.75) is 12.8 Å². The van der Waals surface area contributed by atoms with Crippen LogP contribution in [0.1, 0.15) is 12.8 Å². The summed E-state index contributed by atoms with van der Waals surface area (Å²) >= 11 is 1.70. The van der Waals surface area contributed by atoms with E-state index >= 15 is 0 Å². The lowest BCUT2D eigenvalue weighted by Crippen LogP contribution is -2.40. The molecular weight excluding hydrogens is 356 g/mol. The van der Waals surface area contributed by atoms with E-state index in [1.54, 1.807) is 11.3 Å². The number of para-hydroxylation sites is 1. The molecule has 0 spiro atoms. The number of amides is 1. The van der Waals surface area contributed by atoms with Gasteiger partial charge in [-0.2, -0.15) is 0 Å². The number of anilines is 3. The first kappa shape index (κ1) is 17.8.